The minimum Gasteiger partial charge on any atom is -1.00 e. The van der Waals surface area contributed by atoms with Gasteiger partial charge in [-0.1, -0.05) is 6.54 Å². The van der Waals surface area contributed by atoms with Crippen molar-refractivity contribution in [3.63, 3.8) is 0 Å². The van der Waals surface area contributed by atoms with Crippen LogP contribution in [0.2, 0.25) is 0 Å². The van der Waals surface area contributed by atoms with E-state index in [0.29, 0.717) is 0 Å². The van der Waals surface area contributed by atoms with Crippen molar-refractivity contribution >= 4 is 0 Å². The van der Waals surface area contributed by atoms with Gasteiger partial charge in [0.1, 0.15) is 0 Å². The van der Waals surface area contributed by atoms with E-state index >= 15 is 0 Å². The Labute approximate surface area is 144 Å². The molecule has 1 aliphatic heterocycles. The fourth-order valence-corrected chi connectivity index (χ4v) is 1.69. The molecular formula is C11H25Cl2N4OTi. The summed E-state index contributed by atoms with van der Waals surface area (Å²) in [5.74, 6) is 0. The second kappa shape index (κ2) is 15.5. The van der Waals surface area contributed by atoms with E-state index in [0.717, 1.165) is 52.0 Å². The van der Waals surface area contributed by atoms with Gasteiger partial charge < -0.3 is 50.0 Å². The molecule has 0 saturated carbocycles. The molecule has 8 heteroatoms. The maximum Gasteiger partial charge on any atom is 3.00 e. The molecule has 1 fully saturated rings. The van der Waals surface area contributed by atoms with Gasteiger partial charge in [0.25, 0.3) is 0 Å². The molecule has 0 aromatic heterocycles. The van der Waals surface area contributed by atoms with Crippen LogP contribution in [0.4, 0.5) is 0 Å². The molecule has 5 nitrogen and oxygen atoms in total. The van der Waals surface area contributed by atoms with Crippen LogP contribution in [0, 0.1) is 6.23 Å². The van der Waals surface area contributed by atoms with Gasteiger partial charge in [0.15, 0.2) is 0 Å². The van der Waals surface area contributed by atoms with E-state index in [1.165, 1.54) is 0 Å². The minimum atomic E-state index is 0. The van der Waals surface area contributed by atoms with E-state index < -0.39 is 0 Å². The van der Waals surface area contributed by atoms with Gasteiger partial charge in [-0.15, -0.1) is 6.23 Å². The molecule has 0 aromatic rings. The van der Waals surface area contributed by atoms with E-state index in [-0.39, 0.29) is 46.5 Å². The summed E-state index contributed by atoms with van der Waals surface area (Å²) in [6, 6.07) is 0. The molecule has 0 unspecified atom stereocenters. The maximum atomic E-state index is 5.38. The zero-order valence-corrected chi connectivity index (χ0v) is 15.1. The number of methoxy groups -OCH3 is 1. The van der Waals surface area contributed by atoms with E-state index in [4.69, 9.17) is 4.74 Å². The molecule has 1 saturated heterocycles. The number of ether oxygens (including phenoxy) is 1. The molecule has 113 valence electrons. The van der Waals surface area contributed by atoms with Crippen LogP contribution in [0.1, 0.15) is 0 Å². The van der Waals surface area contributed by atoms with Crippen molar-refractivity contribution < 1.29 is 51.3 Å². The molecule has 1 aliphatic rings. The van der Waals surface area contributed by atoms with E-state index in [2.05, 4.69) is 34.5 Å². The number of likely N-dealkylation sites (N-methyl/N-ethyl adjacent to an activating group) is 2. The summed E-state index contributed by atoms with van der Waals surface area (Å²) in [6.45, 7) is 7.00. The van der Waals surface area contributed by atoms with Crippen molar-refractivity contribution in [1.82, 2.24) is 20.4 Å². The third-order valence-electron chi connectivity index (χ3n) is 2.90. The zero-order valence-electron chi connectivity index (χ0n) is 12.0. The summed E-state index contributed by atoms with van der Waals surface area (Å²) >= 11 is 0. The second-order valence-electron chi connectivity index (χ2n) is 4.25. The van der Waals surface area contributed by atoms with E-state index in [9.17, 15) is 0 Å². The van der Waals surface area contributed by atoms with Crippen LogP contribution >= 0.6 is 0 Å². The smallest absolute Gasteiger partial charge is 1.00 e. The number of nitrogens with one attached hydrogen (secondary N) is 2. The number of rotatable bonds is 1. The van der Waals surface area contributed by atoms with Gasteiger partial charge >= 0.3 is 21.7 Å². The predicted molar refractivity (Wildman–Crippen MR) is 66.1 cm³/mol. The van der Waals surface area contributed by atoms with E-state index in [1.807, 2.05) is 0 Å². The van der Waals surface area contributed by atoms with Crippen LogP contribution in [0.5, 0.6) is 0 Å². The molecule has 0 aromatic carbocycles. The van der Waals surface area contributed by atoms with Crippen LogP contribution in [0.15, 0.2) is 0 Å². The molecular weight excluding hydrogens is 323 g/mol. The van der Waals surface area contributed by atoms with Crippen molar-refractivity contribution in [2.75, 3.05) is 67.0 Å². The summed E-state index contributed by atoms with van der Waals surface area (Å²) < 4.78 is 5.38. The average molecular weight is 348 g/mol. The third kappa shape index (κ3) is 11.4. The molecule has 2 N–H and O–H groups in total. The van der Waals surface area contributed by atoms with Crippen LogP contribution in [-0.2, 0) is 26.5 Å². The Balaban J connectivity index is -0.000000853. The van der Waals surface area contributed by atoms with Crippen LogP contribution < -0.4 is 35.4 Å². The summed E-state index contributed by atoms with van der Waals surface area (Å²) in [4.78, 5) is 4.52. The molecule has 0 bridgehead atoms. The van der Waals surface area contributed by atoms with Crippen LogP contribution in [0.25, 0.3) is 0 Å². The Morgan fingerprint density at radius 2 is 1.58 bits per heavy atom. The van der Waals surface area contributed by atoms with Crippen molar-refractivity contribution in [3.05, 3.63) is 6.23 Å². The van der Waals surface area contributed by atoms with Gasteiger partial charge in [0.05, 0.1) is 0 Å². The Morgan fingerprint density at radius 3 is 2.21 bits per heavy atom. The van der Waals surface area contributed by atoms with Crippen molar-refractivity contribution in [3.8, 4) is 0 Å². The maximum absolute atomic E-state index is 5.38. The Hall–Kier alpha value is 1.09. The first-order chi connectivity index (χ1) is 7.74. The van der Waals surface area contributed by atoms with Crippen molar-refractivity contribution in [1.29, 1.82) is 0 Å². The summed E-state index contributed by atoms with van der Waals surface area (Å²) in [6.07, 6.45) is 1.01. The van der Waals surface area contributed by atoms with Gasteiger partial charge in [-0.05, 0) is 20.6 Å². The standard InChI is InChI=1S/C11H25N4O.2ClH.Ti/c1-14-7-6-12-4-5-13-10-11(16-3)15(2)9-8-14;;;/h12-13H,4-10H2,1-3H3;2*1H;/q-1;;;+3/p-2. The van der Waals surface area contributed by atoms with Gasteiger partial charge in [-0.3, -0.25) is 0 Å². The number of hydrogen-bond donors (Lipinski definition) is 2. The molecule has 0 spiro atoms. The Kier molecular flexibility index (Phi) is 20.4. The fraction of sp³-hybridized carbons (Fsp3) is 0.909. The van der Waals surface area contributed by atoms with Gasteiger partial charge in [0.2, 0.25) is 0 Å². The van der Waals surface area contributed by atoms with Crippen molar-refractivity contribution in [2.45, 2.75) is 0 Å². The fourth-order valence-electron chi connectivity index (χ4n) is 1.69. The summed E-state index contributed by atoms with van der Waals surface area (Å²) in [7, 11) is 5.98. The topological polar surface area (TPSA) is 39.8 Å². The Bertz CT molecular complexity index is 194. The van der Waals surface area contributed by atoms with Gasteiger partial charge in [-0.2, -0.15) is 0 Å². The summed E-state index contributed by atoms with van der Waals surface area (Å²) in [5, 5.41) is 6.78. The first-order valence-corrected chi connectivity index (χ1v) is 5.95. The quantitative estimate of drug-likeness (QED) is 0.364. The largest absolute Gasteiger partial charge is 3.00 e. The number of halogens is 2. The molecule has 0 aliphatic carbocycles. The second-order valence-corrected chi connectivity index (χ2v) is 4.25. The zero-order chi connectivity index (χ0) is 11.8. The molecule has 1 radical (unpaired) electrons. The SMILES string of the molecule is CO[C-]1CNCCNCCN(C)CCN1C.[Cl-].[Cl-].[Ti+3]. The Morgan fingerprint density at radius 1 is 0.947 bits per heavy atom. The van der Waals surface area contributed by atoms with Crippen molar-refractivity contribution in [2.24, 2.45) is 0 Å². The molecule has 1 rings (SSSR count). The number of nitrogens with zero attached hydrogens (tertiary/aromatic N) is 2. The van der Waals surface area contributed by atoms with Gasteiger partial charge in [0, 0.05) is 39.8 Å². The molecule has 0 atom stereocenters. The summed E-state index contributed by atoms with van der Waals surface area (Å²) in [5.41, 5.74) is 0. The minimum absolute atomic E-state index is 0. The first-order valence-electron chi connectivity index (χ1n) is 5.95. The monoisotopic (exact) mass is 347 g/mol. The average Bonchev–Trinajstić information content (AvgIpc) is 2.28. The molecule has 19 heavy (non-hydrogen) atoms. The van der Waals surface area contributed by atoms with Crippen LogP contribution in [0.3, 0.4) is 0 Å². The molecule has 1 heterocycles. The van der Waals surface area contributed by atoms with Crippen LogP contribution in [-0.4, -0.2) is 76.8 Å². The predicted octanol–water partition coefficient (Wildman–Crippen LogP) is -6.82. The van der Waals surface area contributed by atoms with Gasteiger partial charge in [-0.25, -0.2) is 0 Å². The number of hydrogen-bond acceptors (Lipinski definition) is 5. The first kappa shape index (κ1) is 25.1. The molecule has 0 amide bonds. The van der Waals surface area contributed by atoms with E-state index in [1.54, 1.807) is 7.11 Å². The third-order valence-corrected chi connectivity index (χ3v) is 2.90. The normalized spacial score (nSPS) is 21.0.